The Labute approximate surface area is 156 Å². The monoisotopic (exact) mass is 403 g/mol. The summed E-state index contributed by atoms with van der Waals surface area (Å²) < 4.78 is 31.7. The van der Waals surface area contributed by atoms with E-state index in [2.05, 4.69) is 14.9 Å². The first kappa shape index (κ1) is 20.8. The van der Waals surface area contributed by atoms with Crippen molar-refractivity contribution in [1.29, 1.82) is 0 Å². The van der Waals surface area contributed by atoms with Gasteiger partial charge in [-0.15, -0.1) is 11.3 Å². The van der Waals surface area contributed by atoms with Gasteiger partial charge in [0.15, 0.2) is 0 Å². The number of aryl methyl sites for hydroxylation is 1. The smallest absolute Gasteiger partial charge is 0.477 e. The van der Waals surface area contributed by atoms with Gasteiger partial charge >= 0.3 is 18.1 Å². The van der Waals surface area contributed by atoms with Gasteiger partial charge in [-0.2, -0.15) is 13.2 Å². The highest BCUT2D eigenvalue weighted by atomic mass is 32.1. The zero-order valence-electron chi connectivity index (χ0n) is 14.2. The van der Waals surface area contributed by atoms with E-state index in [0.29, 0.717) is 4.88 Å². The van der Waals surface area contributed by atoms with Crippen LogP contribution < -0.4 is 0 Å². The molecule has 1 aliphatic rings. The van der Waals surface area contributed by atoms with Crippen LogP contribution in [0.3, 0.4) is 0 Å². The quantitative estimate of drug-likeness (QED) is 0.812. The number of aromatic nitrogens is 2. The summed E-state index contributed by atoms with van der Waals surface area (Å²) >= 11 is 1.34. The van der Waals surface area contributed by atoms with Crippen LogP contribution in [0, 0.1) is 6.92 Å². The predicted molar refractivity (Wildman–Crippen MR) is 89.6 cm³/mol. The number of hydrogen-bond donors (Lipinski definition) is 2. The van der Waals surface area contributed by atoms with Gasteiger partial charge < -0.3 is 10.2 Å². The number of carboxylic acid groups (broad SMARTS) is 2. The van der Waals surface area contributed by atoms with E-state index in [4.69, 9.17) is 15.0 Å². The molecule has 0 radical (unpaired) electrons. The van der Waals surface area contributed by atoms with Gasteiger partial charge in [-0.3, -0.25) is 14.9 Å². The molecule has 2 aromatic heterocycles. The third-order valence-corrected chi connectivity index (χ3v) is 4.85. The summed E-state index contributed by atoms with van der Waals surface area (Å²) in [5.41, 5.74) is 3.21. The standard InChI is InChI=1S/C14H15N3O2S.C2HF3O2/c1-9-10(6-13(20-9)14(18)19)7-17-5-2-11-12(8-17)16-4-3-15-11;3-2(4,5)1(6)7/h3-4,6H,2,5,7-8H2,1H3,(H,18,19);(H,6,7). The number of carbonyl (C=O) groups is 2. The molecule has 0 fully saturated rings. The Morgan fingerprint density at radius 2 is 1.81 bits per heavy atom. The zero-order valence-corrected chi connectivity index (χ0v) is 15.0. The summed E-state index contributed by atoms with van der Waals surface area (Å²) in [6.45, 7) is 4.46. The molecular weight excluding hydrogens is 387 g/mol. The number of hydrogen-bond acceptors (Lipinski definition) is 6. The van der Waals surface area contributed by atoms with Crippen molar-refractivity contribution in [3.8, 4) is 0 Å². The molecule has 2 aromatic rings. The third-order valence-electron chi connectivity index (χ3n) is 3.77. The van der Waals surface area contributed by atoms with E-state index in [1.165, 1.54) is 11.3 Å². The molecule has 0 aromatic carbocycles. The first-order valence-corrected chi connectivity index (χ1v) is 8.53. The van der Waals surface area contributed by atoms with Crippen LogP contribution >= 0.6 is 11.3 Å². The van der Waals surface area contributed by atoms with Gasteiger partial charge in [-0.1, -0.05) is 0 Å². The Balaban J connectivity index is 0.000000321. The summed E-state index contributed by atoms with van der Waals surface area (Å²) in [5.74, 6) is -3.60. The van der Waals surface area contributed by atoms with E-state index in [9.17, 15) is 18.0 Å². The van der Waals surface area contributed by atoms with E-state index in [1.807, 2.05) is 6.92 Å². The van der Waals surface area contributed by atoms with E-state index in [-0.39, 0.29) is 0 Å². The van der Waals surface area contributed by atoms with Gasteiger partial charge in [0.2, 0.25) is 0 Å². The maximum Gasteiger partial charge on any atom is 0.490 e. The topological polar surface area (TPSA) is 104 Å². The molecule has 11 heteroatoms. The van der Waals surface area contributed by atoms with Crippen molar-refractivity contribution in [3.05, 3.63) is 45.2 Å². The predicted octanol–water partition coefficient (Wildman–Crippen LogP) is 2.74. The molecule has 0 bridgehead atoms. The Hall–Kier alpha value is -2.53. The van der Waals surface area contributed by atoms with E-state index in [1.54, 1.807) is 18.5 Å². The van der Waals surface area contributed by atoms with E-state index < -0.39 is 18.1 Å². The van der Waals surface area contributed by atoms with Gasteiger partial charge in [0.05, 0.1) is 11.4 Å². The highest BCUT2D eigenvalue weighted by molar-refractivity contribution is 7.14. The van der Waals surface area contributed by atoms with Crippen molar-refractivity contribution in [2.24, 2.45) is 0 Å². The van der Waals surface area contributed by atoms with Crippen LogP contribution in [0.4, 0.5) is 13.2 Å². The van der Waals surface area contributed by atoms with Gasteiger partial charge in [-0.25, -0.2) is 9.59 Å². The molecule has 0 amide bonds. The second-order valence-electron chi connectivity index (χ2n) is 5.71. The second kappa shape index (κ2) is 8.44. The lowest BCUT2D eigenvalue weighted by Gasteiger charge is -2.27. The molecule has 0 saturated carbocycles. The van der Waals surface area contributed by atoms with Crippen molar-refractivity contribution in [3.63, 3.8) is 0 Å². The number of nitrogens with zero attached hydrogens (tertiary/aromatic N) is 3. The summed E-state index contributed by atoms with van der Waals surface area (Å²) in [6, 6.07) is 1.79. The van der Waals surface area contributed by atoms with Crippen molar-refractivity contribution >= 4 is 23.3 Å². The maximum absolute atomic E-state index is 11.0. The summed E-state index contributed by atoms with van der Waals surface area (Å²) in [6.07, 6.45) is -0.727. The van der Waals surface area contributed by atoms with Crippen molar-refractivity contribution in [2.45, 2.75) is 32.6 Å². The second-order valence-corrected chi connectivity index (χ2v) is 6.97. The molecule has 0 spiro atoms. The number of thiophene rings is 1. The molecule has 0 atom stereocenters. The average molecular weight is 403 g/mol. The number of aromatic carboxylic acids is 1. The van der Waals surface area contributed by atoms with Crippen LogP contribution in [-0.2, 0) is 24.3 Å². The molecule has 3 rings (SSSR count). The number of fused-ring (bicyclic) bond motifs is 1. The van der Waals surface area contributed by atoms with E-state index >= 15 is 0 Å². The Morgan fingerprint density at radius 1 is 1.22 bits per heavy atom. The van der Waals surface area contributed by atoms with E-state index in [0.717, 1.165) is 47.9 Å². The summed E-state index contributed by atoms with van der Waals surface area (Å²) in [5, 5.41) is 16.2. The van der Waals surface area contributed by atoms with Gasteiger partial charge in [0.25, 0.3) is 0 Å². The molecule has 0 saturated heterocycles. The van der Waals surface area contributed by atoms with Crippen molar-refractivity contribution in [2.75, 3.05) is 6.54 Å². The molecule has 146 valence electrons. The lowest BCUT2D eigenvalue weighted by atomic mass is 10.1. The largest absolute Gasteiger partial charge is 0.490 e. The molecule has 2 N–H and O–H groups in total. The molecule has 0 aliphatic carbocycles. The van der Waals surface area contributed by atoms with Crippen LogP contribution in [0.25, 0.3) is 0 Å². The minimum Gasteiger partial charge on any atom is -0.477 e. The number of rotatable bonds is 3. The van der Waals surface area contributed by atoms with Crippen LogP contribution in [-0.4, -0.2) is 49.7 Å². The SMILES string of the molecule is Cc1sc(C(=O)O)cc1CN1CCc2nccnc2C1.O=C(O)C(F)(F)F. The third kappa shape index (κ3) is 5.73. The van der Waals surface area contributed by atoms with Crippen LogP contribution in [0.2, 0.25) is 0 Å². The average Bonchev–Trinajstić information content (AvgIpc) is 2.95. The molecule has 3 heterocycles. The lowest BCUT2D eigenvalue weighted by Crippen LogP contribution is -2.31. The first-order chi connectivity index (χ1) is 12.6. The van der Waals surface area contributed by atoms with Gasteiger partial charge in [0.1, 0.15) is 4.88 Å². The fourth-order valence-corrected chi connectivity index (χ4v) is 3.32. The molecular formula is C16H16F3N3O4S. The number of halogens is 3. The Kier molecular flexibility index (Phi) is 6.50. The first-order valence-electron chi connectivity index (χ1n) is 7.71. The maximum atomic E-state index is 11.0. The minimum absolute atomic E-state index is 0.412. The number of aliphatic carboxylic acids is 1. The fourth-order valence-electron chi connectivity index (χ4n) is 2.45. The van der Waals surface area contributed by atoms with Crippen LogP contribution in [0.1, 0.15) is 31.5 Å². The molecule has 27 heavy (non-hydrogen) atoms. The lowest BCUT2D eigenvalue weighted by molar-refractivity contribution is -0.192. The van der Waals surface area contributed by atoms with Gasteiger partial charge in [0, 0.05) is 43.3 Å². The summed E-state index contributed by atoms with van der Waals surface area (Å²) in [4.78, 5) is 32.4. The van der Waals surface area contributed by atoms with Crippen molar-refractivity contribution in [1.82, 2.24) is 14.9 Å². The summed E-state index contributed by atoms with van der Waals surface area (Å²) in [7, 11) is 0. The molecule has 1 aliphatic heterocycles. The number of alkyl halides is 3. The van der Waals surface area contributed by atoms with Crippen LogP contribution in [0.15, 0.2) is 18.5 Å². The highest BCUT2D eigenvalue weighted by Gasteiger charge is 2.38. The highest BCUT2D eigenvalue weighted by Crippen LogP contribution is 2.25. The van der Waals surface area contributed by atoms with Crippen molar-refractivity contribution < 1.29 is 33.0 Å². The zero-order chi connectivity index (χ0) is 20.2. The van der Waals surface area contributed by atoms with Crippen LogP contribution in [0.5, 0.6) is 0 Å². The molecule has 7 nitrogen and oxygen atoms in total. The minimum atomic E-state index is -5.08. The number of carboxylic acids is 2. The fraction of sp³-hybridized carbons (Fsp3) is 0.375. The Bertz CT molecular complexity index is 839. The molecule has 0 unspecified atom stereocenters. The normalized spacial score (nSPS) is 14.1. The Morgan fingerprint density at radius 3 is 2.33 bits per heavy atom. The van der Waals surface area contributed by atoms with Gasteiger partial charge in [-0.05, 0) is 18.6 Å².